The molecule has 0 spiro atoms. The molecule has 3 aromatic heterocycles. The van der Waals surface area contributed by atoms with Gasteiger partial charge in [-0.25, -0.2) is 9.50 Å². The third-order valence-electron chi connectivity index (χ3n) is 4.70. The third-order valence-corrected chi connectivity index (χ3v) is 4.70. The van der Waals surface area contributed by atoms with Gasteiger partial charge in [0, 0.05) is 31.5 Å². The second-order valence-corrected chi connectivity index (χ2v) is 6.46. The zero-order valence-corrected chi connectivity index (χ0v) is 14.4. The predicted octanol–water partition coefficient (Wildman–Crippen LogP) is 2.70. The van der Waals surface area contributed by atoms with E-state index in [0.29, 0.717) is 5.69 Å². The standard InChI is InChI=1S/C18H22N6O/c1-2-10-22-12-7-15(21-22)18(25)23-11-4-3-5-16(23)14-8-13-24-17(20-14)6-9-19-24/h6-9,12-13,16H,2-5,10-11H2,1H3/t16-/m1/s1. The predicted molar refractivity (Wildman–Crippen MR) is 93.1 cm³/mol. The number of fused-ring (bicyclic) bond motifs is 1. The summed E-state index contributed by atoms with van der Waals surface area (Å²) in [5.74, 6) is -0.00488. The van der Waals surface area contributed by atoms with Gasteiger partial charge in [0.05, 0.1) is 17.9 Å². The quantitative estimate of drug-likeness (QED) is 0.733. The van der Waals surface area contributed by atoms with E-state index in [0.717, 1.165) is 50.1 Å². The van der Waals surface area contributed by atoms with Crippen molar-refractivity contribution in [3.05, 3.63) is 48.2 Å². The van der Waals surface area contributed by atoms with Gasteiger partial charge in [0.1, 0.15) is 5.69 Å². The van der Waals surface area contributed by atoms with Gasteiger partial charge in [-0.05, 0) is 37.8 Å². The minimum Gasteiger partial charge on any atom is -0.329 e. The van der Waals surface area contributed by atoms with Crippen LogP contribution in [-0.2, 0) is 6.54 Å². The molecule has 0 saturated carbocycles. The maximum atomic E-state index is 13.0. The Balaban J connectivity index is 1.62. The molecule has 7 nitrogen and oxygen atoms in total. The Morgan fingerprint density at radius 1 is 1.24 bits per heavy atom. The first-order valence-electron chi connectivity index (χ1n) is 8.91. The van der Waals surface area contributed by atoms with Crippen molar-refractivity contribution in [2.45, 2.75) is 45.2 Å². The zero-order chi connectivity index (χ0) is 17.2. The van der Waals surface area contributed by atoms with Crippen molar-refractivity contribution in [1.82, 2.24) is 29.3 Å². The summed E-state index contributed by atoms with van der Waals surface area (Å²) in [5, 5.41) is 8.62. The van der Waals surface area contributed by atoms with E-state index in [9.17, 15) is 4.79 Å². The summed E-state index contributed by atoms with van der Waals surface area (Å²) in [6.07, 6.45) is 9.57. The number of likely N-dealkylation sites (tertiary alicyclic amines) is 1. The molecule has 7 heteroatoms. The average molecular weight is 338 g/mol. The molecule has 4 rings (SSSR count). The Morgan fingerprint density at radius 2 is 2.16 bits per heavy atom. The second kappa shape index (κ2) is 6.66. The van der Waals surface area contributed by atoms with Crippen molar-refractivity contribution >= 4 is 11.6 Å². The highest BCUT2D eigenvalue weighted by molar-refractivity contribution is 5.92. The molecule has 1 amide bonds. The van der Waals surface area contributed by atoms with Gasteiger partial charge in [0.25, 0.3) is 5.91 Å². The Bertz CT molecular complexity index is 882. The molecule has 130 valence electrons. The van der Waals surface area contributed by atoms with E-state index in [1.807, 2.05) is 40.2 Å². The van der Waals surface area contributed by atoms with Crippen LogP contribution in [0.3, 0.4) is 0 Å². The fourth-order valence-corrected chi connectivity index (χ4v) is 3.47. The first-order chi connectivity index (χ1) is 12.3. The highest BCUT2D eigenvalue weighted by Crippen LogP contribution is 2.31. The number of hydrogen-bond acceptors (Lipinski definition) is 4. The fraction of sp³-hybridized carbons (Fsp3) is 0.444. The number of hydrogen-bond donors (Lipinski definition) is 0. The molecule has 0 N–H and O–H groups in total. The first kappa shape index (κ1) is 15.8. The molecule has 0 unspecified atom stereocenters. The molecule has 0 aliphatic carbocycles. The number of piperidine rings is 1. The van der Waals surface area contributed by atoms with E-state index in [1.54, 1.807) is 10.7 Å². The van der Waals surface area contributed by atoms with Crippen molar-refractivity contribution in [1.29, 1.82) is 0 Å². The van der Waals surface area contributed by atoms with Gasteiger partial charge >= 0.3 is 0 Å². The lowest BCUT2D eigenvalue weighted by Crippen LogP contribution is -2.39. The lowest BCUT2D eigenvalue weighted by molar-refractivity contribution is 0.0599. The van der Waals surface area contributed by atoms with Crippen molar-refractivity contribution in [3.63, 3.8) is 0 Å². The molecule has 1 atom stereocenters. The third kappa shape index (κ3) is 3.01. The van der Waals surface area contributed by atoms with Gasteiger partial charge in [-0.1, -0.05) is 6.92 Å². The van der Waals surface area contributed by atoms with Gasteiger partial charge in [-0.15, -0.1) is 0 Å². The van der Waals surface area contributed by atoms with E-state index in [-0.39, 0.29) is 11.9 Å². The highest BCUT2D eigenvalue weighted by Gasteiger charge is 2.30. The minimum absolute atomic E-state index is 0.00234. The minimum atomic E-state index is -0.00488. The number of carbonyl (C=O) groups excluding carboxylic acids is 1. The van der Waals surface area contributed by atoms with Crippen molar-refractivity contribution in [3.8, 4) is 0 Å². The summed E-state index contributed by atoms with van der Waals surface area (Å²) >= 11 is 0. The van der Waals surface area contributed by atoms with Crippen LogP contribution >= 0.6 is 0 Å². The van der Waals surface area contributed by atoms with Crippen LogP contribution in [0.15, 0.2) is 36.8 Å². The van der Waals surface area contributed by atoms with Crippen LogP contribution in [0.25, 0.3) is 5.65 Å². The van der Waals surface area contributed by atoms with E-state index in [4.69, 9.17) is 4.98 Å². The van der Waals surface area contributed by atoms with E-state index in [1.165, 1.54) is 0 Å². The SMILES string of the molecule is CCCn1ccc(C(=O)N2CCCC[C@@H]2c2ccn3nccc3n2)n1. The van der Waals surface area contributed by atoms with Gasteiger partial charge in [-0.2, -0.15) is 10.2 Å². The monoisotopic (exact) mass is 338 g/mol. The van der Waals surface area contributed by atoms with Gasteiger partial charge in [0.15, 0.2) is 5.65 Å². The molecule has 3 aromatic rings. The molecule has 25 heavy (non-hydrogen) atoms. The smallest absolute Gasteiger partial charge is 0.274 e. The molecule has 4 heterocycles. The molecule has 0 aromatic carbocycles. The maximum Gasteiger partial charge on any atom is 0.274 e. The second-order valence-electron chi connectivity index (χ2n) is 6.46. The summed E-state index contributed by atoms with van der Waals surface area (Å²) in [7, 11) is 0. The van der Waals surface area contributed by atoms with Crippen molar-refractivity contribution in [2.75, 3.05) is 6.54 Å². The summed E-state index contributed by atoms with van der Waals surface area (Å²) < 4.78 is 3.58. The average Bonchev–Trinajstić information content (AvgIpc) is 3.30. The summed E-state index contributed by atoms with van der Waals surface area (Å²) in [5.41, 5.74) is 2.25. The lowest BCUT2D eigenvalue weighted by atomic mass is 9.98. The topological polar surface area (TPSA) is 68.3 Å². The van der Waals surface area contributed by atoms with E-state index >= 15 is 0 Å². The molecule has 1 fully saturated rings. The van der Waals surface area contributed by atoms with Crippen LogP contribution in [0.4, 0.5) is 0 Å². The van der Waals surface area contributed by atoms with Crippen LogP contribution < -0.4 is 0 Å². The lowest BCUT2D eigenvalue weighted by Gasteiger charge is -2.35. The van der Waals surface area contributed by atoms with Gasteiger partial charge in [-0.3, -0.25) is 9.48 Å². The van der Waals surface area contributed by atoms with Crippen LogP contribution in [0.5, 0.6) is 0 Å². The Hall–Kier alpha value is -2.70. The first-order valence-corrected chi connectivity index (χ1v) is 8.91. The molecule has 1 saturated heterocycles. The van der Waals surface area contributed by atoms with Crippen molar-refractivity contribution < 1.29 is 4.79 Å². The Labute approximate surface area is 146 Å². The molecular weight excluding hydrogens is 316 g/mol. The maximum absolute atomic E-state index is 13.0. The zero-order valence-electron chi connectivity index (χ0n) is 14.4. The van der Waals surface area contributed by atoms with Crippen LogP contribution in [0, 0.1) is 0 Å². The normalized spacial score (nSPS) is 18.0. The fourth-order valence-electron chi connectivity index (χ4n) is 3.47. The van der Waals surface area contributed by atoms with Crippen LogP contribution in [-0.4, -0.2) is 41.7 Å². The Morgan fingerprint density at radius 3 is 3.04 bits per heavy atom. The number of aromatic nitrogens is 5. The molecule has 0 bridgehead atoms. The number of rotatable bonds is 4. The van der Waals surface area contributed by atoms with Crippen LogP contribution in [0.2, 0.25) is 0 Å². The highest BCUT2D eigenvalue weighted by atomic mass is 16.2. The largest absolute Gasteiger partial charge is 0.329 e. The van der Waals surface area contributed by atoms with Gasteiger partial charge in [0.2, 0.25) is 0 Å². The number of carbonyl (C=O) groups is 1. The molecular formula is C18H22N6O. The number of aryl methyl sites for hydroxylation is 1. The molecule has 0 radical (unpaired) electrons. The number of nitrogens with zero attached hydrogens (tertiary/aromatic N) is 6. The summed E-state index contributed by atoms with van der Waals surface area (Å²) in [6, 6.07) is 5.66. The molecule has 1 aliphatic heterocycles. The van der Waals surface area contributed by atoms with Crippen LogP contribution in [0.1, 0.15) is 54.8 Å². The summed E-state index contributed by atoms with van der Waals surface area (Å²) in [6.45, 7) is 3.68. The van der Waals surface area contributed by atoms with Crippen molar-refractivity contribution in [2.24, 2.45) is 0 Å². The molecule has 1 aliphatic rings. The van der Waals surface area contributed by atoms with Gasteiger partial charge < -0.3 is 4.90 Å². The van der Waals surface area contributed by atoms with E-state index < -0.39 is 0 Å². The Kier molecular flexibility index (Phi) is 4.21. The number of amides is 1. The summed E-state index contributed by atoms with van der Waals surface area (Å²) in [4.78, 5) is 19.6. The van der Waals surface area contributed by atoms with E-state index in [2.05, 4.69) is 17.1 Å².